The molecule has 1 aliphatic heterocycles. The highest BCUT2D eigenvalue weighted by atomic mass is 35.5. The van der Waals surface area contributed by atoms with Crippen LogP contribution in [0.5, 0.6) is 0 Å². The fourth-order valence-electron chi connectivity index (χ4n) is 2.47. The lowest BCUT2D eigenvalue weighted by Gasteiger charge is -2.31. The lowest BCUT2D eigenvalue weighted by atomic mass is 9.99. The fraction of sp³-hybridized carbons (Fsp3) is 0.600. The molecule has 0 spiro atoms. The van der Waals surface area contributed by atoms with Gasteiger partial charge in [-0.25, -0.2) is 8.42 Å². The topological polar surface area (TPSA) is 49.4 Å². The van der Waals surface area contributed by atoms with Gasteiger partial charge in [0, 0.05) is 25.7 Å². The van der Waals surface area contributed by atoms with Crippen molar-refractivity contribution in [3.8, 4) is 0 Å². The Labute approximate surface area is 134 Å². The van der Waals surface area contributed by atoms with Crippen LogP contribution in [0.15, 0.2) is 29.2 Å². The molecule has 0 saturated carbocycles. The van der Waals surface area contributed by atoms with Crippen molar-refractivity contribution in [3.05, 3.63) is 29.8 Å². The molecular weight excluding hydrogens is 308 g/mol. The third kappa shape index (κ3) is 4.19. The third-order valence-corrected chi connectivity index (χ3v) is 5.91. The lowest BCUT2D eigenvalue weighted by molar-refractivity contribution is 0.310. The van der Waals surface area contributed by atoms with E-state index >= 15 is 0 Å². The standard InChI is InChI=1S/C15H24N2O2S.ClH/c1-4-12(2)14-5-7-15(8-6-14)20(18,19)17-10-9-16-13(3)11-17;/h5-8,12-13,16H,4,9-11H2,1-3H3;1H/t12?,13-;/m1./s1. The molecule has 120 valence electrons. The smallest absolute Gasteiger partial charge is 0.243 e. The van der Waals surface area contributed by atoms with Gasteiger partial charge >= 0.3 is 0 Å². The molecule has 4 nitrogen and oxygen atoms in total. The van der Waals surface area contributed by atoms with E-state index < -0.39 is 10.0 Å². The summed E-state index contributed by atoms with van der Waals surface area (Å²) in [5, 5.41) is 3.26. The van der Waals surface area contributed by atoms with Crippen LogP contribution < -0.4 is 5.32 Å². The fourth-order valence-corrected chi connectivity index (χ4v) is 4.00. The van der Waals surface area contributed by atoms with Crippen LogP contribution in [-0.4, -0.2) is 38.4 Å². The van der Waals surface area contributed by atoms with Crippen molar-refractivity contribution < 1.29 is 8.42 Å². The monoisotopic (exact) mass is 332 g/mol. The van der Waals surface area contributed by atoms with Gasteiger partial charge in [0.1, 0.15) is 0 Å². The minimum Gasteiger partial charge on any atom is -0.312 e. The molecular formula is C15H25ClN2O2S. The SMILES string of the molecule is CCC(C)c1ccc(S(=O)(=O)N2CCN[C@H](C)C2)cc1.Cl. The van der Waals surface area contributed by atoms with Gasteiger partial charge in [0.15, 0.2) is 0 Å². The number of rotatable bonds is 4. The van der Waals surface area contributed by atoms with E-state index in [-0.39, 0.29) is 18.4 Å². The molecule has 1 heterocycles. The molecule has 6 heteroatoms. The molecule has 2 rings (SSSR count). The van der Waals surface area contributed by atoms with Gasteiger partial charge in [0.05, 0.1) is 4.90 Å². The van der Waals surface area contributed by atoms with Crippen molar-refractivity contribution in [2.45, 2.75) is 44.0 Å². The normalized spacial score (nSPS) is 21.6. The highest BCUT2D eigenvalue weighted by Crippen LogP contribution is 2.22. The summed E-state index contributed by atoms with van der Waals surface area (Å²) in [5.74, 6) is 0.464. The number of sulfonamides is 1. The molecule has 0 bridgehead atoms. The molecule has 1 N–H and O–H groups in total. The summed E-state index contributed by atoms with van der Waals surface area (Å²) in [6, 6.07) is 7.56. The van der Waals surface area contributed by atoms with Gasteiger partial charge in [-0.1, -0.05) is 26.0 Å². The Bertz CT molecular complexity index is 545. The number of nitrogens with one attached hydrogen (secondary N) is 1. The third-order valence-electron chi connectivity index (χ3n) is 4.03. The first kappa shape index (κ1) is 18.4. The van der Waals surface area contributed by atoms with Gasteiger partial charge < -0.3 is 5.32 Å². The predicted molar refractivity (Wildman–Crippen MR) is 88.6 cm³/mol. The quantitative estimate of drug-likeness (QED) is 0.922. The summed E-state index contributed by atoms with van der Waals surface area (Å²) in [6.45, 7) is 8.09. The number of halogens is 1. The van der Waals surface area contributed by atoms with E-state index in [1.165, 1.54) is 5.56 Å². The maximum absolute atomic E-state index is 12.6. The molecule has 0 aliphatic carbocycles. The largest absolute Gasteiger partial charge is 0.312 e. The summed E-state index contributed by atoms with van der Waals surface area (Å²) in [7, 11) is -3.35. The molecule has 0 amide bonds. The van der Waals surface area contributed by atoms with Gasteiger partial charge in [-0.3, -0.25) is 0 Å². The lowest BCUT2D eigenvalue weighted by Crippen LogP contribution is -2.51. The zero-order chi connectivity index (χ0) is 14.8. The molecule has 1 aromatic carbocycles. The predicted octanol–water partition coefficient (Wildman–Crippen LogP) is 2.60. The van der Waals surface area contributed by atoms with Crippen molar-refractivity contribution >= 4 is 22.4 Å². The van der Waals surface area contributed by atoms with E-state index in [0.717, 1.165) is 6.42 Å². The Hall–Kier alpha value is -0.620. The molecule has 21 heavy (non-hydrogen) atoms. The van der Waals surface area contributed by atoms with Crippen molar-refractivity contribution in [2.75, 3.05) is 19.6 Å². The number of hydrogen-bond acceptors (Lipinski definition) is 3. The number of benzene rings is 1. The number of hydrogen-bond donors (Lipinski definition) is 1. The Balaban J connectivity index is 0.00000220. The Morgan fingerprint density at radius 2 is 1.95 bits per heavy atom. The van der Waals surface area contributed by atoms with Crippen LogP contribution in [0.4, 0.5) is 0 Å². The minimum absolute atomic E-state index is 0. The van der Waals surface area contributed by atoms with Crippen LogP contribution in [-0.2, 0) is 10.0 Å². The van der Waals surface area contributed by atoms with Crippen LogP contribution >= 0.6 is 12.4 Å². The van der Waals surface area contributed by atoms with E-state index in [1.54, 1.807) is 16.4 Å². The Morgan fingerprint density at radius 1 is 1.33 bits per heavy atom. The summed E-state index contributed by atoms with van der Waals surface area (Å²) in [6.07, 6.45) is 1.06. The van der Waals surface area contributed by atoms with E-state index in [0.29, 0.717) is 30.4 Å². The van der Waals surface area contributed by atoms with Gasteiger partial charge in [0.25, 0.3) is 0 Å². The molecule has 1 unspecified atom stereocenters. The average Bonchev–Trinajstić information content (AvgIpc) is 2.46. The van der Waals surface area contributed by atoms with Crippen LogP contribution in [0.2, 0.25) is 0 Å². The highest BCUT2D eigenvalue weighted by Gasteiger charge is 2.28. The summed E-state index contributed by atoms with van der Waals surface area (Å²) >= 11 is 0. The summed E-state index contributed by atoms with van der Waals surface area (Å²) < 4.78 is 26.7. The second kappa shape index (κ2) is 7.58. The van der Waals surface area contributed by atoms with Crippen molar-refractivity contribution in [2.24, 2.45) is 0 Å². The van der Waals surface area contributed by atoms with Gasteiger partial charge in [-0.2, -0.15) is 4.31 Å². The summed E-state index contributed by atoms with van der Waals surface area (Å²) in [5.41, 5.74) is 1.19. The second-order valence-corrected chi connectivity index (χ2v) is 7.53. The van der Waals surface area contributed by atoms with Gasteiger partial charge in [0.2, 0.25) is 10.0 Å². The van der Waals surface area contributed by atoms with Crippen LogP contribution in [0.25, 0.3) is 0 Å². The number of nitrogens with zero attached hydrogens (tertiary/aromatic N) is 1. The number of piperazine rings is 1. The molecule has 1 aliphatic rings. The molecule has 0 radical (unpaired) electrons. The molecule has 0 aromatic heterocycles. The van der Waals surface area contributed by atoms with Crippen LogP contribution in [0.3, 0.4) is 0 Å². The minimum atomic E-state index is -3.35. The average molecular weight is 333 g/mol. The van der Waals surface area contributed by atoms with E-state index in [1.807, 2.05) is 19.1 Å². The Morgan fingerprint density at radius 3 is 2.48 bits per heavy atom. The van der Waals surface area contributed by atoms with E-state index in [4.69, 9.17) is 0 Å². The first-order chi connectivity index (χ1) is 9.45. The molecule has 2 atom stereocenters. The van der Waals surface area contributed by atoms with Crippen LogP contribution in [0, 0.1) is 0 Å². The zero-order valence-corrected chi connectivity index (χ0v) is 14.5. The maximum atomic E-state index is 12.6. The highest BCUT2D eigenvalue weighted by molar-refractivity contribution is 7.89. The first-order valence-electron chi connectivity index (χ1n) is 7.28. The van der Waals surface area contributed by atoms with Crippen molar-refractivity contribution in [1.82, 2.24) is 9.62 Å². The molecule has 1 saturated heterocycles. The molecule has 1 fully saturated rings. The maximum Gasteiger partial charge on any atom is 0.243 e. The van der Waals surface area contributed by atoms with Gasteiger partial charge in [-0.15, -0.1) is 12.4 Å². The zero-order valence-electron chi connectivity index (χ0n) is 12.9. The van der Waals surface area contributed by atoms with Crippen molar-refractivity contribution in [1.29, 1.82) is 0 Å². The van der Waals surface area contributed by atoms with E-state index in [9.17, 15) is 8.42 Å². The summed E-state index contributed by atoms with van der Waals surface area (Å²) in [4.78, 5) is 0.402. The van der Waals surface area contributed by atoms with E-state index in [2.05, 4.69) is 19.2 Å². The van der Waals surface area contributed by atoms with Crippen molar-refractivity contribution in [3.63, 3.8) is 0 Å². The van der Waals surface area contributed by atoms with Gasteiger partial charge in [-0.05, 0) is 37.0 Å². The second-order valence-electron chi connectivity index (χ2n) is 5.60. The van der Waals surface area contributed by atoms with Crippen LogP contribution in [0.1, 0.15) is 38.7 Å². The Kier molecular flexibility index (Phi) is 6.66. The molecule has 1 aromatic rings. The first-order valence-corrected chi connectivity index (χ1v) is 8.72.